The summed E-state index contributed by atoms with van der Waals surface area (Å²) in [6, 6.07) is 9.44. The Morgan fingerprint density at radius 3 is 2.53 bits per heavy atom. The van der Waals surface area contributed by atoms with E-state index in [1.807, 2.05) is 30.3 Å². The molecule has 0 spiro atoms. The average Bonchev–Trinajstić information content (AvgIpc) is 2.58. The molecule has 0 bridgehead atoms. The Morgan fingerprint density at radius 2 is 2.00 bits per heavy atom. The van der Waals surface area contributed by atoms with Crippen LogP contribution in [0.4, 0.5) is 11.5 Å². The number of imidazole rings is 1. The van der Waals surface area contributed by atoms with E-state index in [0.29, 0.717) is 5.82 Å². The quantitative estimate of drug-likeness (QED) is 0.725. The number of rotatable bonds is 3. The number of para-hydroxylation sites is 1. The second-order valence-corrected chi connectivity index (χ2v) is 3.57. The Morgan fingerprint density at radius 1 is 1.35 bits per heavy atom. The number of carbonyl (C=O) groups is 1. The fourth-order valence-electron chi connectivity index (χ4n) is 1.51. The van der Waals surface area contributed by atoms with Crippen molar-refractivity contribution in [1.29, 1.82) is 0 Å². The zero-order valence-electron chi connectivity index (χ0n) is 9.34. The van der Waals surface area contributed by atoms with Crippen molar-refractivity contribution in [2.75, 3.05) is 11.2 Å². The fraction of sp³-hybridized carbons (Fsp3) is 0.0909. The lowest BCUT2D eigenvalue weighted by Gasteiger charge is -2.10. The molecule has 0 atom stereocenters. The van der Waals surface area contributed by atoms with Crippen LogP contribution in [-0.2, 0) is 0 Å². The summed E-state index contributed by atoms with van der Waals surface area (Å²) in [5.74, 6) is 0.137. The predicted octanol–water partition coefficient (Wildman–Crippen LogP) is 0.748. The van der Waals surface area contributed by atoms with Crippen molar-refractivity contribution < 1.29 is 4.79 Å². The van der Waals surface area contributed by atoms with E-state index in [1.54, 1.807) is 6.92 Å². The Bertz CT molecular complexity index is 546. The van der Waals surface area contributed by atoms with Crippen LogP contribution in [0.2, 0.25) is 0 Å². The van der Waals surface area contributed by atoms with Gasteiger partial charge in [-0.15, -0.1) is 0 Å². The third kappa shape index (κ3) is 2.05. The van der Waals surface area contributed by atoms with Crippen LogP contribution in [0, 0.1) is 6.92 Å². The van der Waals surface area contributed by atoms with Gasteiger partial charge in [-0.25, -0.2) is 9.66 Å². The Labute approximate surface area is 98.2 Å². The Hall–Kier alpha value is -2.50. The van der Waals surface area contributed by atoms with Crippen LogP contribution in [0.5, 0.6) is 0 Å². The highest BCUT2D eigenvalue weighted by Gasteiger charge is 2.15. The van der Waals surface area contributed by atoms with E-state index >= 15 is 0 Å². The second kappa shape index (κ2) is 4.17. The van der Waals surface area contributed by atoms with Crippen LogP contribution in [-0.4, -0.2) is 15.6 Å². The molecule has 6 nitrogen and oxygen atoms in total. The highest BCUT2D eigenvalue weighted by Crippen LogP contribution is 2.15. The monoisotopic (exact) mass is 231 g/mol. The molecule has 6 heteroatoms. The molecule has 0 aliphatic rings. The number of hydrogen-bond acceptors (Lipinski definition) is 4. The minimum absolute atomic E-state index is 0.0749. The maximum absolute atomic E-state index is 11.1. The van der Waals surface area contributed by atoms with Gasteiger partial charge in [-0.05, 0) is 19.1 Å². The third-order valence-corrected chi connectivity index (χ3v) is 2.33. The van der Waals surface area contributed by atoms with Gasteiger partial charge in [0.1, 0.15) is 5.82 Å². The molecular weight excluding hydrogens is 218 g/mol. The molecule has 1 amide bonds. The summed E-state index contributed by atoms with van der Waals surface area (Å²) in [6.07, 6.45) is 0. The first kappa shape index (κ1) is 11.0. The molecule has 0 fully saturated rings. The first-order chi connectivity index (χ1) is 8.09. The van der Waals surface area contributed by atoms with Crippen molar-refractivity contribution in [3.05, 3.63) is 41.9 Å². The van der Waals surface area contributed by atoms with E-state index in [-0.39, 0.29) is 11.5 Å². The molecule has 2 aromatic rings. The first-order valence-corrected chi connectivity index (χ1v) is 5.06. The number of nitrogens with two attached hydrogens (primary N) is 2. The minimum Gasteiger partial charge on any atom is -0.382 e. The lowest BCUT2D eigenvalue weighted by Crippen LogP contribution is -2.17. The summed E-state index contributed by atoms with van der Waals surface area (Å²) >= 11 is 0. The molecule has 0 saturated heterocycles. The van der Waals surface area contributed by atoms with Crippen LogP contribution >= 0.6 is 0 Å². The normalized spacial score (nSPS) is 10.2. The summed E-state index contributed by atoms with van der Waals surface area (Å²) in [5, 5.41) is 0. The maximum atomic E-state index is 11.1. The number of aromatic nitrogens is 2. The van der Waals surface area contributed by atoms with Crippen molar-refractivity contribution >= 4 is 17.4 Å². The zero-order chi connectivity index (χ0) is 12.4. The number of hydrogen-bond donors (Lipinski definition) is 3. The van der Waals surface area contributed by atoms with E-state index in [0.717, 1.165) is 5.69 Å². The van der Waals surface area contributed by atoms with E-state index in [4.69, 9.17) is 11.5 Å². The van der Waals surface area contributed by atoms with Gasteiger partial charge in [0.25, 0.3) is 5.91 Å². The minimum atomic E-state index is -0.640. The predicted molar refractivity (Wildman–Crippen MR) is 65.4 cm³/mol. The summed E-state index contributed by atoms with van der Waals surface area (Å²) in [6.45, 7) is 1.73. The van der Waals surface area contributed by atoms with Crippen molar-refractivity contribution in [3.8, 4) is 0 Å². The van der Waals surface area contributed by atoms with Crippen molar-refractivity contribution in [1.82, 2.24) is 9.66 Å². The van der Waals surface area contributed by atoms with Gasteiger partial charge >= 0.3 is 0 Å². The number of amides is 1. The van der Waals surface area contributed by atoms with Crippen LogP contribution in [0.3, 0.4) is 0 Å². The molecule has 17 heavy (non-hydrogen) atoms. The molecule has 1 aromatic heterocycles. The van der Waals surface area contributed by atoms with E-state index in [2.05, 4.69) is 10.4 Å². The summed E-state index contributed by atoms with van der Waals surface area (Å²) in [5.41, 5.74) is 14.9. The number of anilines is 2. The summed E-state index contributed by atoms with van der Waals surface area (Å²) in [7, 11) is 0. The Kier molecular flexibility index (Phi) is 2.70. The average molecular weight is 231 g/mol. The third-order valence-electron chi connectivity index (χ3n) is 2.33. The number of benzene rings is 1. The van der Waals surface area contributed by atoms with E-state index in [9.17, 15) is 4.79 Å². The number of carbonyl (C=O) groups excluding carboxylic acids is 1. The van der Waals surface area contributed by atoms with Gasteiger partial charge in [0.2, 0.25) is 0 Å². The van der Waals surface area contributed by atoms with Gasteiger partial charge in [-0.3, -0.25) is 10.2 Å². The molecule has 88 valence electrons. The number of aryl methyl sites for hydroxylation is 1. The SMILES string of the molecule is Cc1nc(C(N)=O)c(N)n1Nc1ccccc1. The number of primary amides is 1. The van der Waals surface area contributed by atoms with Gasteiger partial charge in [0.05, 0.1) is 5.69 Å². The standard InChI is InChI=1S/C11H13N5O/c1-7-14-9(11(13)17)10(12)16(7)15-8-5-3-2-4-6-8/h2-6,15H,12H2,1H3,(H2,13,17). The van der Waals surface area contributed by atoms with Crippen molar-refractivity contribution in [2.24, 2.45) is 5.73 Å². The van der Waals surface area contributed by atoms with Crippen molar-refractivity contribution in [2.45, 2.75) is 6.92 Å². The molecule has 1 aromatic carbocycles. The smallest absolute Gasteiger partial charge is 0.271 e. The molecule has 1 heterocycles. The molecule has 0 unspecified atom stereocenters. The van der Waals surface area contributed by atoms with Gasteiger partial charge in [-0.1, -0.05) is 18.2 Å². The van der Waals surface area contributed by atoms with Gasteiger partial charge < -0.3 is 11.5 Å². The first-order valence-electron chi connectivity index (χ1n) is 5.06. The molecule has 0 aliphatic carbocycles. The fourth-order valence-corrected chi connectivity index (χ4v) is 1.51. The Balaban J connectivity index is 2.37. The van der Waals surface area contributed by atoms with Crippen LogP contribution < -0.4 is 16.9 Å². The lowest BCUT2D eigenvalue weighted by molar-refractivity contribution is 0.0997. The second-order valence-electron chi connectivity index (χ2n) is 3.57. The number of nitrogens with zero attached hydrogens (tertiary/aromatic N) is 2. The van der Waals surface area contributed by atoms with Crippen LogP contribution in [0.1, 0.15) is 16.3 Å². The summed E-state index contributed by atoms with van der Waals surface area (Å²) < 4.78 is 1.52. The zero-order valence-corrected chi connectivity index (χ0v) is 9.34. The topological polar surface area (TPSA) is 99.0 Å². The van der Waals surface area contributed by atoms with Gasteiger partial charge in [0, 0.05) is 0 Å². The van der Waals surface area contributed by atoms with Crippen molar-refractivity contribution in [3.63, 3.8) is 0 Å². The van der Waals surface area contributed by atoms with E-state index in [1.165, 1.54) is 4.68 Å². The lowest BCUT2D eigenvalue weighted by atomic mass is 10.3. The molecule has 0 aliphatic heterocycles. The van der Waals surface area contributed by atoms with Gasteiger partial charge in [-0.2, -0.15) is 0 Å². The maximum Gasteiger partial charge on any atom is 0.271 e. The number of nitrogen functional groups attached to an aromatic ring is 1. The van der Waals surface area contributed by atoms with Crippen LogP contribution in [0.15, 0.2) is 30.3 Å². The number of nitrogens with one attached hydrogen (secondary N) is 1. The molecule has 0 radical (unpaired) electrons. The molecule has 0 saturated carbocycles. The highest BCUT2D eigenvalue weighted by atomic mass is 16.1. The molecule has 2 rings (SSSR count). The molecule has 5 N–H and O–H groups in total. The highest BCUT2D eigenvalue weighted by molar-refractivity contribution is 5.95. The van der Waals surface area contributed by atoms with E-state index < -0.39 is 5.91 Å². The molecular formula is C11H13N5O. The summed E-state index contributed by atoms with van der Waals surface area (Å²) in [4.78, 5) is 15.1. The largest absolute Gasteiger partial charge is 0.382 e. The van der Waals surface area contributed by atoms with Gasteiger partial charge in [0.15, 0.2) is 11.5 Å². The van der Waals surface area contributed by atoms with Crippen LogP contribution in [0.25, 0.3) is 0 Å².